The number of allylic oxidation sites excluding steroid dienone is 2. The zero-order valence-corrected chi connectivity index (χ0v) is 19.2. The van der Waals surface area contributed by atoms with Gasteiger partial charge in [0.2, 0.25) is 0 Å². The van der Waals surface area contributed by atoms with Gasteiger partial charge in [-0.1, -0.05) is 67.9 Å². The first kappa shape index (κ1) is 22.9. The minimum Gasteiger partial charge on any atom is -0.292 e. The molecule has 2 aromatic rings. The number of fused-ring (bicyclic) bond motifs is 1. The fourth-order valence-corrected chi connectivity index (χ4v) is 4.83. The average Bonchev–Trinajstić information content (AvgIpc) is 3.08. The number of amides is 3. The first-order chi connectivity index (χ1) is 15.8. The highest BCUT2D eigenvalue weighted by Gasteiger charge is 2.54. The van der Waals surface area contributed by atoms with Crippen molar-refractivity contribution < 1.29 is 19.2 Å². The third-order valence-electron chi connectivity index (χ3n) is 6.41. The van der Waals surface area contributed by atoms with E-state index in [-0.39, 0.29) is 23.7 Å². The number of hydrazine groups is 1. The number of benzene rings is 2. The highest BCUT2D eigenvalue weighted by Crippen LogP contribution is 2.40. The van der Waals surface area contributed by atoms with E-state index in [1.807, 2.05) is 19.1 Å². The predicted octanol–water partition coefficient (Wildman–Crippen LogP) is 4.56. The van der Waals surface area contributed by atoms with Crippen LogP contribution in [0.2, 0.25) is 5.02 Å². The van der Waals surface area contributed by atoms with Crippen molar-refractivity contribution in [3.8, 4) is 0 Å². The lowest BCUT2D eigenvalue weighted by Crippen LogP contribution is -2.57. The number of halogens is 1. The molecule has 6 nitrogen and oxygen atoms in total. The fraction of sp³-hybridized carbons (Fsp3) is 0.308. The third-order valence-corrected chi connectivity index (χ3v) is 6.66. The van der Waals surface area contributed by atoms with E-state index in [4.69, 9.17) is 11.6 Å². The molecule has 1 aliphatic carbocycles. The summed E-state index contributed by atoms with van der Waals surface area (Å²) < 4.78 is 0. The van der Waals surface area contributed by atoms with Gasteiger partial charge in [0.15, 0.2) is 5.78 Å². The summed E-state index contributed by atoms with van der Waals surface area (Å²) in [5.74, 6) is -3.03. The van der Waals surface area contributed by atoms with E-state index in [0.29, 0.717) is 17.0 Å². The molecular weight excluding hydrogens is 440 g/mol. The first-order valence-corrected chi connectivity index (χ1v) is 11.5. The van der Waals surface area contributed by atoms with Crippen LogP contribution in [-0.4, -0.2) is 39.6 Å². The van der Waals surface area contributed by atoms with E-state index in [2.05, 4.69) is 0 Å². The molecule has 2 aliphatic rings. The minimum atomic E-state index is -1.02. The largest absolute Gasteiger partial charge is 0.292 e. The maximum atomic E-state index is 13.7. The molecule has 33 heavy (non-hydrogen) atoms. The lowest BCUT2D eigenvalue weighted by atomic mass is 9.78. The van der Waals surface area contributed by atoms with Crippen LogP contribution in [0, 0.1) is 17.8 Å². The van der Waals surface area contributed by atoms with Gasteiger partial charge >= 0.3 is 0 Å². The van der Waals surface area contributed by atoms with Crippen molar-refractivity contribution in [3.63, 3.8) is 0 Å². The summed E-state index contributed by atoms with van der Waals surface area (Å²) in [6, 6.07) is 13.7. The number of carbonyl (C=O) groups excluding carboxylic acids is 4. The van der Waals surface area contributed by atoms with Crippen LogP contribution < -0.4 is 0 Å². The molecule has 0 aromatic heterocycles. The highest BCUT2D eigenvalue weighted by molar-refractivity contribution is 6.30. The summed E-state index contributed by atoms with van der Waals surface area (Å²) in [4.78, 5) is 54.2. The normalized spacial score (nSPS) is 22.8. The van der Waals surface area contributed by atoms with Gasteiger partial charge in [-0.25, -0.2) is 5.01 Å². The van der Waals surface area contributed by atoms with E-state index in [1.165, 1.54) is 12.1 Å². The van der Waals surface area contributed by atoms with E-state index in [0.717, 1.165) is 10.0 Å². The molecule has 0 unspecified atom stereocenters. The maximum Gasteiger partial charge on any atom is 0.273 e. The molecule has 1 saturated heterocycles. The Bertz CT molecular complexity index is 1110. The Kier molecular flexibility index (Phi) is 6.47. The lowest BCUT2D eigenvalue weighted by molar-refractivity contribution is -0.156. The second kappa shape index (κ2) is 9.32. The number of nitrogens with zero attached hydrogens (tertiary/aromatic N) is 2. The number of imide groups is 1. The number of hydrogen-bond acceptors (Lipinski definition) is 4. The summed E-state index contributed by atoms with van der Waals surface area (Å²) in [5, 5.41) is 2.46. The quantitative estimate of drug-likeness (QED) is 0.357. The average molecular weight is 465 g/mol. The van der Waals surface area contributed by atoms with Crippen molar-refractivity contribution in [3.05, 3.63) is 82.9 Å². The zero-order valence-electron chi connectivity index (χ0n) is 18.5. The zero-order chi connectivity index (χ0) is 23.7. The van der Waals surface area contributed by atoms with Crippen molar-refractivity contribution in [2.45, 2.75) is 32.7 Å². The van der Waals surface area contributed by atoms with Crippen LogP contribution in [0.5, 0.6) is 0 Å². The van der Waals surface area contributed by atoms with Crippen LogP contribution in [0.1, 0.15) is 47.4 Å². The standard InChI is InChI=1S/C26H25ClN2O4/c1-3-21(23(30)17-9-5-4-6-10-17)28(24(31)18-12-14-19(27)15-13-18)29-25(32)20-11-7-8-16(2)22(20)26(29)33/h4-10,12-16,20-22H,3,11H2,1-2H3/t16-,20-,21-,22+/m1/s1. The molecule has 7 heteroatoms. The first-order valence-electron chi connectivity index (χ1n) is 11.1. The van der Waals surface area contributed by atoms with Gasteiger partial charge in [0.05, 0.1) is 11.8 Å². The summed E-state index contributed by atoms with van der Waals surface area (Å²) >= 11 is 5.98. The second-order valence-corrected chi connectivity index (χ2v) is 8.89. The van der Waals surface area contributed by atoms with Gasteiger partial charge in [-0.15, -0.1) is 0 Å². The third kappa shape index (κ3) is 4.11. The Morgan fingerprint density at radius 1 is 1.03 bits per heavy atom. The summed E-state index contributed by atoms with van der Waals surface area (Å²) in [5.41, 5.74) is 0.644. The molecule has 3 amide bonds. The topological polar surface area (TPSA) is 74.8 Å². The molecule has 0 bridgehead atoms. The number of hydrogen-bond donors (Lipinski definition) is 0. The van der Waals surface area contributed by atoms with Crippen molar-refractivity contribution in [2.75, 3.05) is 0 Å². The monoisotopic (exact) mass is 464 g/mol. The smallest absolute Gasteiger partial charge is 0.273 e. The molecule has 1 aliphatic heterocycles. The van der Waals surface area contributed by atoms with Gasteiger partial charge in [0.1, 0.15) is 6.04 Å². The minimum absolute atomic E-state index is 0.136. The predicted molar refractivity (Wildman–Crippen MR) is 124 cm³/mol. The summed E-state index contributed by atoms with van der Waals surface area (Å²) in [7, 11) is 0. The Morgan fingerprint density at radius 2 is 1.70 bits per heavy atom. The fourth-order valence-electron chi connectivity index (χ4n) is 4.70. The number of rotatable bonds is 6. The maximum absolute atomic E-state index is 13.7. The van der Waals surface area contributed by atoms with Gasteiger partial charge in [0, 0.05) is 16.1 Å². The molecule has 4 rings (SSSR count). The Labute approximate surface area is 197 Å². The van der Waals surface area contributed by atoms with Gasteiger partial charge in [-0.2, -0.15) is 5.01 Å². The Hall–Kier alpha value is -3.25. The van der Waals surface area contributed by atoms with Gasteiger partial charge in [0.25, 0.3) is 17.7 Å². The molecule has 0 spiro atoms. The SMILES string of the molecule is CC[C@H](C(=O)c1ccccc1)N(C(=O)c1ccc(Cl)cc1)N1C(=O)[C@H]2[C@H](C)C=CC[C@H]2C1=O. The van der Waals surface area contributed by atoms with Crippen molar-refractivity contribution >= 4 is 35.1 Å². The van der Waals surface area contributed by atoms with Crippen molar-refractivity contribution in [1.82, 2.24) is 10.0 Å². The van der Waals surface area contributed by atoms with Crippen LogP contribution in [0.25, 0.3) is 0 Å². The van der Waals surface area contributed by atoms with Crippen molar-refractivity contribution in [2.24, 2.45) is 17.8 Å². The van der Waals surface area contributed by atoms with Crippen molar-refractivity contribution in [1.29, 1.82) is 0 Å². The van der Waals surface area contributed by atoms with E-state index >= 15 is 0 Å². The van der Waals surface area contributed by atoms with Gasteiger partial charge in [-0.05, 0) is 43.0 Å². The molecule has 170 valence electrons. The van der Waals surface area contributed by atoms with E-state index in [9.17, 15) is 19.2 Å². The van der Waals surface area contributed by atoms with E-state index < -0.39 is 35.6 Å². The molecule has 0 N–H and O–H groups in total. The highest BCUT2D eigenvalue weighted by atomic mass is 35.5. The van der Waals surface area contributed by atoms with Gasteiger partial charge < -0.3 is 0 Å². The molecular formula is C26H25ClN2O4. The van der Waals surface area contributed by atoms with Crippen LogP contribution >= 0.6 is 11.6 Å². The van der Waals surface area contributed by atoms with Crippen LogP contribution in [0.4, 0.5) is 0 Å². The number of ketones is 1. The lowest BCUT2D eigenvalue weighted by Gasteiger charge is -2.36. The number of Topliss-reactive ketones (excluding diaryl/α,β-unsaturated/α-hetero) is 1. The molecule has 1 heterocycles. The molecule has 2 aromatic carbocycles. The molecule has 0 radical (unpaired) electrons. The van der Waals surface area contributed by atoms with Crippen LogP contribution in [0.15, 0.2) is 66.7 Å². The van der Waals surface area contributed by atoms with Crippen LogP contribution in [0.3, 0.4) is 0 Å². The Morgan fingerprint density at radius 3 is 2.30 bits per heavy atom. The Balaban J connectivity index is 1.80. The number of carbonyl (C=O) groups is 4. The van der Waals surface area contributed by atoms with Gasteiger partial charge in [-0.3, -0.25) is 19.2 Å². The second-order valence-electron chi connectivity index (χ2n) is 8.45. The van der Waals surface area contributed by atoms with E-state index in [1.54, 1.807) is 49.4 Å². The molecule has 1 fully saturated rings. The summed E-state index contributed by atoms with van der Waals surface area (Å²) in [6.45, 7) is 3.65. The molecule has 0 saturated carbocycles. The molecule has 4 atom stereocenters. The summed E-state index contributed by atoms with van der Waals surface area (Å²) in [6.07, 6.45) is 4.49. The van der Waals surface area contributed by atoms with Crippen LogP contribution in [-0.2, 0) is 9.59 Å².